The number of nitrogens with zero attached hydrogens (tertiary/aromatic N) is 2. The second-order valence-corrected chi connectivity index (χ2v) is 6.21. The standard InChI is InChI=1S/C18H24N2O3/c1-2-5-17(21)19-10-8-14(9-11-19)18(22)20-12-13-23-16-7-4-3-6-15(16)20/h3-4,6-7,14H,2,5,8-13H2,1H3. The highest BCUT2D eigenvalue weighted by atomic mass is 16.5. The van der Waals surface area contributed by atoms with Crippen LogP contribution >= 0.6 is 0 Å². The highest BCUT2D eigenvalue weighted by Gasteiger charge is 2.32. The maximum absolute atomic E-state index is 12.9. The first-order valence-corrected chi connectivity index (χ1v) is 8.51. The third-order valence-electron chi connectivity index (χ3n) is 4.66. The first-order valence-electron chi connectivity index (χ1n) is 8.51. The predicted octanol–water partition coefficient (Wildman–Crippen LogP) is 2.45. The molecule has 0 spiro atoms. The number of ether oxygens (including phenoxy) is 1. The van der Waals surface area contributed by atoms with Gasteiger partial charge < -0.3 is 14.5 Å². The van der Waals surface area contributed by atoms with Crippen molar-refractivity contribution in [2.45, 2.75) is 32.6 Å². The molecule has 2 heterocycles. The molecule has 2 aliphatic heterocycles. The van der Waals surface area contributed by atoms with E-state index in [1.54, 1.807) is 0 Å². The first kappa shape index (κ1) is 15.8. The van der Waals surface area contributed by atoms with Gasteiger partial charge in [-0.3, -0.25) is 9.59 Å². The van der Waals surface area contributed by atoms with Gasteiger partial charge in [0.05, 0.1) is 12.2 Å². The third-order valence-corrected chi connectivity index (χ3v) is 4.66. The van der Waals surface area contributed by atoms with Gasteiger partial charge in [-0.1, -0.05) is 19.1 Å². The van der Waals surface area contributed by atoms with Crippen molar-refractivity contribution in [2.75, 3.05) is 31.1 Å². The Morgan fingerprint density at radius 2 is 1.91 bits per heavy atom. The summed E-state index contributed by atoms with van der Waals surface area (Å²) in [5.41, 5.74) is 0.869. The van der Waals surface area contributed by atoms with Crippen LogP contribution in [0.15, 0.2) is 24.3 Å². The van der Waals surface area contributed by atoms with E-state index in [1.165, 1.54) is 0 Å². The highest BCUT2D eigenvalue weighted by molar-refractivity contribution is 5.97. The molecule has 5 nitrogen and oxygen atoms in total. The van der Waals surface area contributed by atoms with E-state index in [0.717, 1.165) is 30.7 Å². The second kappa shape index (κ2) is 7.02. The van der Waals surface area contributed by atoms with Crippen LogP contribution in [0.25, 0.3) is 0 Å². The van der Waals surface area contributed by atoms with Crippen LogP contribution in [-0.2, 0) is 9.59 Å². The van der Waals surface area contributed by atoms with Gasteiger partial charge in [-0.25, -0.2) is 0 Å². The van der Waals surface area contributed by atoms with Crippen molar-refractivity contribution in [3.8, 4) is 5.75 Å². The topological polar surface area (TPSA) is 49.9 Å². The highest BCUT2D eigenvalue weighted by Crippen LogP contribution is 2.33. The fraction of sp³-hybridized carbons (Fsp3) is 0.556. The monoisotopic (exact) mass is 316 g/mol. The largest absolute Gasteiger partial charge is 0.490 e. The van der Waals surface area contributed by atoms with Crippen molar-refractivity contribution in [3.63, 3.8) is 0 Å². The van der Waals surface area contributed by atoms with E-state index in [4.69, 9.17) is 4.74 Å². The Bertz CT molecular complexity index is 579. The van der Waals surface area contributed by atoms with Crippen LogP contribution in [0.5, 0.6) is 5.75 Å². The molecule has 0 aliphatic carbocycles. The number of fused-ring (bicyclic) bond motifs is 1. The Balaban J connectivity index is 1.63. The average molecular weight is 316 g/mol. The molecule has 1 aromatic rings. The van der Waals surface area contributed by atoms with Crippen molar-refractivity contribution in [1.29, 1.82) is 0 Å². The second-order valence-electron chi connectivity index (χ2n) is 6.21. The van der Waals surface area contributed by atoms with Crippen molar-refractivity contribution in [2.24, 2.45) is 5.92 Å². The van der Waals surface area contributed by atoms with Gasteiger partial charge in [-0.2, -0.15) is 0 Å². The van der Waals surface area contributed by atoms with Crippen molar-refractivity contribution in [1.82, 2.24) is 4.90 Å². The molecule has 124 valence electrons. The molecule has 23 heavy (non-hydrogen) atoms. The van der Waals surface area contributed by atoms with Gasteiger partial charge >= 0.3 is 0 Å². The molecule has 0 atom stereocenters. The summed E-state index contributed by atoms with van der Waals surface area (Å²) in [6.45, 7) is 4.55. The molecule has 0 aromatic heterocycles. The quantitative estimate of drug-likeness (QED) is 0.860. The van der Waals surface area contributed by atoms with Crippen molar-refractivity contribution in [3.05, 3.63) is 24.3 Å². The van der Waals surface area contributed by atoms with E-state index >= 15 is 0 Å². The van der Waals surface area contributed by atoms with Gasteiger partial charge in [0.2, 0.25) is 11.8 Å². The van der Waals surface area contributed by atoms with Crippen molar-refractivity contribution < 1.29 is 14.3 Å². The lowest BCUT2D eigenvalue weighted by Gasteiger charge is -2.36. The van der Waals surface area contributed by atoms with Crippen LogP contribution < -0.4 is 9.64 Å². The molecule has 0 bridgehead atoms. The van der Waals surface area contributed by atoms with Gasteiger partial charge in [0.1, 0.15) is 12.4 Å². The molecule has 0 saturated carbocycles. The van der Waals surface area contributed by atoms with Crippen LogP contribution in [0.3, 0.4) is 0 Å². The van der Waals surface area contributed by atoms with Gasteiger partial charge in [-0.15, -0.1) is 0 Å². The molecule has 2 amide bonds. The van der Waals surface area contributed by atoms with Crippen LogP contribution in [0.1, 0.15) is 32.6 Å². The molecule has 5 heteroatoms. The van der Waals surface area contributed by atoms with Gasteiger partial charge in [0.15, 0.2) is 0 Å². The lowest BCUT2D eigenvalue weighted by Crippen LogP contribution is -2.46. The number of para-hydroxylation sites is 2. The predicted molar refractivity (Wildman–Crippen MR) is 88.5 cm³/mol. The number of carbonyl (C=O) groups is 2. The summed E-state index contributed by atoms with van der Waals surface area (Å²) < 4.78 is 5.62. The Labute approximate surface area is 137 Å². The number of anilines is 1. The summed E-state index contributed by atoms with van der Waals surface area (Å²) in [6.07, 6.45) is 3.00. The summed E-state index contributed by atoms with van der Waals surface area (Å²) in [4.78, 5) is 28.6. The SMILES string of the molecule is CCCC(=O)N1CCC(C(=O)N2CCOc3ccccc32)CC1. The van der Waals surface area contributed by atoms with Crippen LogP contribution in [0, 0.1) is 5.92 Å². The van der Waals surface area contributed by atoms with E-state index in [-0.39, 0.29) is 17.7 Å². The molecule has 0 N–H and O–H groups in total. The zero-order valence-electron chi connectivity index (χ0n) is 13.7. The lowest BCUT2D eigenvalue weighted by molar-refractivity contribution is -0.135. The molecule has 1 aromatic carbocycles. The van der Waals surface area contributed by atoms with E-state index < -0.39 is 0 Å². The number of amides is 2. The van der Waals surface area contributed by atoms with Crippen LogP contribution in [-0.4, -0.2) is 43.0 Å². The zero-order valence-corrected chi connectivity index (χ0v) is 13.7. The van der Waals surface area contributed by atoms with E-state index in [0.29, 0.717) is 32.7 Å². The Morgan fingerprint density at radius 1 is 1.17 bits per heavy atom. The molecule has 1 saturated heterocycles. The molecule has 3 rings (SSSR count). The molecular formula is C18H24N2O3. The fourth-order valence-electron chi connectivity index (χ4n) is 3.37. The normalized spacial score (nSPS) is 18.3. The minimum atomic E-state index is 0.00633. The summed E-state index contributed by atoms with van der Waals surface area (Å²) in [5.74, 6) is 1.17. The minimum absolute atomic E-state index is 0.00633. The first-order chi connectivity index (χ1) is 11.2. The van der Waals surface area contributed by atoms with E-state index in [2.05, 4.69) is 0 Å². The Hall–Kier alpha value is -2.04. The molecular weight excluding hydrogens is 292 g/mol. The van der Waals surface area contributed by atoms with Gasteiger partial charge in [0.25, 0.3) is 0 Å². The summed E-state index contributed by atoms with van der Waals surface area (Å²) >= 11 is 0. The van der Waals surface area contributed by atoms with Gasteiger partial charge in [-0.05, 0) is 31.4 Å². The Kier molecular flexibility index (Phi) is 4.84. The zero-order chi connectivity index (χ0) is 16.2. The lowest BCUT2D eigenvalue weighted by atomic mass is 9.94. The third kappa shape index (κ3) is 3.33. The van der Waals surface area contributed by atoms with Crippen molar-refractivity contribution >= 4 is 17.5 Å². The fourth-order valence-corrected chi connectivity index (χ4v) is 3.37. The van der Waals surface area contributed by atoms with Crippen LogP contribution in [0.2, 0.25) is 0 Å². The number of hydrogen-bond acceptors (Lipinski definition) is 3. The number of rotatable bonds is 3. The number of carbonyl (C=O) groups excluding carboxylic acids is 2. The maximum Gasteiger partial charge on any atom is 0.230 e. The smallest absolute Gasteiger partial charge is 0.230 e. The Morgan fingerprint density at radius 3 is 2.65 bits per heavy atom. The van der Waals surface area contributed by atoms with Crippen LogP contribution in [0.4, 0.5) is 5.69 Å². The summed E-state index contributed by atoms with van der Waals surface area (Å²) in [7, 11) is 0. The summed E-state index contributed by atoms with van der Waals surface area (Å²) in [6, 6.07) is 7.69. The maximum atomic E-state index is 12.9. The average Bonchev–Trinajstić information content (AvgIpc) is 2.61. The number of likely N-dealkylation sites (tertiary alicyclic amines) is 1. The summed E-state index contributed by atoms with van der Waals surface area (Å²) in [5, 5.41) is 0. The van der Waals surface area contributed by atoms with E-state index in [9.17, 15) is 9.59 Å². The van der Waals surface area contributed by atoms with Gasteiger partial charge in [0, 0.05) is 25.4 Å². The number of hydrogen-bond donors (Lipinski definition) is 0. The molecule has 2 aliphatic rings. The molecule has 0 unspecified atom stereocenters. The number of piperidine rings is 1. The molecule has 0 radical (unpaired) electrons. The minimum Gasteiger partial charge on any atom is -0.490 e. The molecule has 1 fully saturated rings. The van der Waals surface area contributed by atoms with E-state index in [1.807, 2.05) is 41.0 Å². The number of benzene rings is 1.